The number of ether oxygens (including phenoxy) is 1. The molecule has 4 rings (SSSR count). The summed E-state index contributed by atoms with van der Waals surface area (Å²) in [5.41, 5.74) is 4.69. The highest BCUT2D eigenvalue weighted by Gasteiger charge is 2.32. The van der Waals surface area contributed by atoms with Crippen molar-refractivity contribution < 1.29 is 9.53 Å². The van der Waals surface area contributed by atoms with Crippen molar-refractivity contribution in [3.8, 4) is 0 Å². The summed E-state index contributed by atoms with van der Waals surface area (Å²) < 4.78 is 8.02. The third-order valence-electron chi connectivity index (χ3n) is 6.25. The zero-order valence-electron chi connectivity index (χ0n) is 18.8. The van der Waals surface area contributed by atoms with Gasteiger partial charge >= 0.3 is 5.97 Å². The maximum absolute atomic E-state index is 12.7. The average Bonchev–Trinajstić information content (AvgIpc) is 3.19. The average molecular weight is 417 g/mol. The minimum atomic E-state index is -0.132. The quantitative estimate of drug-likeness (QED) is 0.433. The Morgan fingerprint density at radius 1 is 1.06 bits per heavy atom. The van der Waals surface area contributed by atoms with Gasteiger partial charge in [0.1, 0.15) is 12.4 Å². The molecule has 0 fully saturated rings. The highest BCUT2D eigenvalue weighted by molar-refractivity contribution is 5.70. The topological polar surface area (TPSA) is 44.1 Å². The fourth-order valence-electron chi connectivity index (χ4n) is 4.67. The van der Waals surface area contributed by atoms with Gasteiger partial charge < -0.3 is 9.30 Å². The van der Waals surface area contributed by atoms with E-state index in [1.54, 1.807) is 0 Å². The molecular formula is C27H32N2O2. The van der Waals surface area contributed by atoms with Crippen LogP contribution in [-0.4, -0.2) is 15.5 Å². The lowest BCUT2D eigenvalue weighted by molar-refractivity contribution is -0.145. The Kier molecular flexibility index (Phi) is 6.55. The Balaban J connectivity index is 1.60. The monoisotopic (exact) mass is 416 g/mol. The van der Waals surface area contributed by atoms with E-state index < -0.39 is 0 Å². The van der Waals surface area contributed by atoms with Crippen LogP contribution in [0.1, 0.15) is 86.3 Å². The number of hydrogen-bond donors (Lipinski definition) is 0. The number of aryl methyl sites for hydroxylation is 1. The number of nitrogens with zero attached hydrogens (tertiary/aromatic N) is 2. The van der Waals surface area contributed by atoms with Gasteiger partial charge in [-0.05, 0) is 37.3 Å². The first-order valence-corrected chi connectivity index (χ1v) is 11.4. The highest BCUT2D eigenvalue weighted by atomic mass is 16.5. The number of benzene rings is 2. The number of fused-ring (bicyclic) bond motifs is 1. The predicted octanol–water partition coefficient (Wildman–Crippen LogP) is 6.17. The molecule has 4 heteroatoms. The van der Waals surface area contributed by atoms with Crippen LogP contribution in [-0.2, 0) is 22.6 Å². The SMILES string of the molecule is CC(C)c1nc2c(n1C(C)c1ccccc1)C(CC(=O)OCc1ccccc1)CCC2. The zero-order valence-corrected chi connectivity index (χ0v) is 18.8. The molecule has 0 aliphatic heterocycles. The molecule has 3 aromatic rings. The van der Waals surface area contributed by atoms with E-state index in [0.29, 0.717) is 18.9 Å². The first-order chi connectivity index (χ1) is 15.0. The van der Waals surface area contributed by atoms with Crippen LogP contribution >= 0.6 is 0 Å². The molecular weight excluding hydrogens is 384 g/mol. The van der Waals surface area contributed by atoms with E-state index >= 15 is 0 Å². The van der Waals surface area contributed by atoms with Gasteiger partial charge in [0.15, 0.2) is 0 Å². The summed E-state index contributed by atoms with van der Waals surface area (Å²) >= 11 is 0. The third kappa shape index (κ3) is 4.73. The Labute approximate surface area is 185 Å². The van der Waals surface area contributed by atoms with Crippen molar-refractivity contribution >= 4 is 5.97 Å². The van der Waals surface area contributed by atoms with Gasteiger partial charge in [-0.1, -0.05) is 74.5 Å². The molecule has 2 atom stereocenters. The van der Waals surface area contributed by atoms with Crippen LogP contribution in [0.15, 0.2) is 60.7 Å². The fourth-order valence-corrected chi connectivity index (χ4v) is 4.67. The second-order valence-electron chi connectivity index (χ2n) is 8.85. The van der Waals surface area contributed by atoms with Crippen molar-refractivity contribution in [2.45, 2.75) is 70.9 Å². The summed E-state index contributed by atoms with van der Waals surface area (Å²) in [5.74, 6) is 1.46. The largest absolute Gasteiger partial charge is 0.461 e. The van der Waals surface area contributed by atoms with Crippen molar-refractivity contribution in [2.24, 2.45) is 0 Å². The second kappa shape index (κ2) is 9.51. The summed E-state index contributed by atoms with van der Waals surface area (Å²) in [6, 6.07) is 20.6. The highest BCUT2D eigenvalue weighted by Crippen LogP contribution is 2.39. The molecule has 0 bridgehead atoms. The third-order valence-corrected chi connectivity index (χ3v) is 6.25. The van der Waals surface area contributed by atoms with Gasteiger partial charge in [0.2, 0.25) is 0 Å². The van der Waals surface area contributed by atoms with Gasteiger partial charge in [0.25, 0.3) is 0 Å². The standard InChI is InChI=1S/C27H32N2O2/c1-19(2)27-28-24-16-10-15-23(17-25(30)31-18-21-11-6-4-7-12-21)26(24)29(27)20(3)22-13-8-5-9-14-22/h4-9,11-14,19-20,23H,10,15-18H2,1-3H3. The number of rotatable bonds is 7. The molecule has 1 aliphatic carbocycles. The summed E-state index contributed by atoms with van der Waals surface area (Å²) in [6.45, 7) is 6.97. The fraction of sp³-hybridized carbons (Fsp3) is 0.407. The van der Waals surface area contributed by atoms with Gasteiger partial charge in [-0.15, -0.1) is 0 Å². The van der Waals surface area contributed by atoms with Crippen molar-refractivity contribution in [3.63, 3.8) is 0 Å². The minimum absolute atomic E-state index is 0.132. The van der Waals surface area contributed by atoms with E-state index in [0.717, 1.165) is 30.7 Å². The molecule has 31 heavy (non-hydrogen) atoms. The summed E-state index contributed by atoms with van der Waals surface area (Å²) in [6.07, 6.45) is 3.46. The van der Waals surface area contributed by atoms with E-state index in [2.05, 4.69) is 55.7 Å². The van der Waals surface area contributed by atoms with Crippen LogP contribution in [0.3, 0.4) is 0 Å². The number of esters is 1. The van der Waals surface area contributed by atoms with E-state index in [4.69, 9.17) is 9.72 Å². The maximum atomic E-state index is 12.7. The molecule has 162 valence electrons. The second-order valence-corrected chi connectivity index (χ2v) is 8.85. The van der Waals surface area contributed by atoms with Gasteiger partial charge in [-0.2, -0.15) is 0 Å². The lowest BCUT2D eigenvalue weighted by atomic mass is 9.86. The maximum Gasteiger partial charge on any atom is 0.306 e. The molecule has 0 radical (unpaired) electrons. The molecule has 1 aliphatic rings. The summed E-state index contributed by atoms with van der Waals surface area (Å²) in [5, 5.41) is 0. The van der Waals surface area contributed by atoms with Crippen molar-refractivity contribution in [2.75, 3.05) is 0 Å². The van der Waals surface area contributed by atoms with Crippen LogP contribution in [0.2, 0.25) is 0 Å². The summed E-state index contributed by atoms with van der Waals surface area (Å²) in [7, 11) is 0. The minimum Gasteiger partial charge on any atom is -0.461 e. The van der Waals surface area contributed by atoms with E-state index in [-0.39, 0.29) is 17.9 Å². The number of imidazole rings is 1. The van der Waals surface area contributed by atoms with Gasteiger partial charge in [0.05, 0.1) is 18.2 Å². The molecule has 1 heterocycles. The van der Waals surface area contributed by atoms with E-state index in [9.17, 15) is 4.79 Å². The van der Waals surface area contributed by atoms with Gasteiger partial charge in [0, 0.05) is 17.5 Å². The molecule has 4 nitrogen and oxygen atoms in total. The van der Waals surface area contributed by atoms with Crippen LogP contribution in [0.5, 0.6) is 0 Å². The van der Waals surface area contributed by atoms with Gasteiger partial charge in [-0.3, -0.25) is 4.79 Å². The predicted molar refractivity (Wildman–Crippen MR) is 123 cm³/mol. The zero-order chi connectivity index (χ0) is 21.8. The number of carbonyl (C=O) groups is 1. The van der Waals surface area contributed by atoms with E-state index in [1.807, 2.05) is 30.3 Å². The molecule has 2 aromatic carbocycles. The molecule has 0 saturated carbocycles. The number of hydrogen-bond acceptors (Lipinski definition) is 3. The first kappa shape index (κ1) is 21.4. The Hall–Kier alpha value is -2.88. The van der Waals surface area contributed by atoms with Crippen molar-refractivity contribution in [3.05, 3.63) is 89.0 Å². The molecule has 0 N–H and O–H groups in total. The van der Waals surface area contributed by atoms with Crippen LogP contribution in [0, 0.1) is 0 Å². The molecule has 1 aromatic heterocycles. The summed E-state index contributed by atoms with van der Waals surface area (Å²) in [4.78, 5) is 17.8. The first-order valence-electron chi connectivity index (χ1n) is 11.4. The van der Waals surface area contributed by atoms with Crippen LogP contribution in [0.4, 0.5) is 0 Å². The Morgan fingerprint density at radius 2 is 1.74 bits per heavy atom. The molecule has 0 amide bonds. The van der Waals surface area contributed by atoms with E-state index in [1.165, 1.54) is 17.0 Å². The van der Waals surface area contributed by atoms with Crippen LogP contribution < -0.4 is 0 Å². The molecule has 2 unspecified atom stereocenters. The Bertz CT molecular complexity index is 1010. The Morgan fingerprint density at radius 3 is 2.42 bits per heavy atom. The van der Waals surface area contributed by atoms with Gasteiger partial charge in [-0.25, -0.2) is 4.98 Å². The molecule has 0 spiro atoms. The smallest absolute Gasteiger partial charge is 0.306 e. The normalized spacial score (nSPS) is 16.7. The lowest BCUT2D eigenvalue weighted by Gasteiger charge is -2.28. The lowest BCUT2D eigenvalue weighted by Crippen LogP contribution is -2.21. The number of carbonyl (C=O) groups excluding carboxylic acids is 1. The van der Waals surface area contributed by atoms with Crippen LogP contribution in [0.25, 0.3) is 0 Å². The molecule has 0 saturated heterocycles. The number of aromatic nitrogens is 2. The van der Waals surface area contributed by atoms with Crippen molar-refractivity contribution in [1.82, 2.24) is 9.55 Å². The van der Waals surface area contributed by atoms with Crippen molar-refractivity contribution in [1.29, 1.82) is 0 Å².